The van der Waals surface area contributed by atoms with Crippen LogP contribution in [0.4, 0.5) is 0 Å². The van der Waals surface area contributed by atoms with Gasteiger partial charge in [-0.2, -0.15) is 5.10 Å². The van der Waals surface area contributed by atoms with Gasteiger partial charge in [0.2, 0.25) is 0 Å². The van der Waals surface area contributed by atoms with Crippen LogP contribution in [0.15, 0.2) is 88.8 Å². The number of carbonyl (C=O) groups is 1. The van der Waals surface area contributed by atoms with Gasteiger partial charge in [0.15, 0.2) is 0 Å². The van der Waals surface area contributed by atoms with Gasteiger partial charge in [0, 0.05) is 21.7 Å². The smallest absolute Gasteiger partial charge is 0.271 e. The molecule has 0 bridgehead atoms. The van der Waals surface area contributed by atoms with Crippen molar-refractivity contribution >= 4 is 34.1 Å². The predicted molar refractivity (Wildman–Crippen MR) is 122 cm³/mol. The molecule has 0 unspecified atom stereocenters. The molecule has 4 aromatic rings. The third-order valence-corrected chi connectivity index (χ3v) is 5.11. The zero-order valence-corrected chi connectivity index (χ0v) is 17.3. The second-order valence-corrected chi connectivity index (χ2v) is 7.30. The minimum Gasteiger partial charge on any atom is -0.506 e. The zero-order valence-electron chi connectivity index (χ0n) is 16.5. The lowest BCUT2D eigenvalue weighted by molar-refractivity contribution is 0.0955. The van der Waals surface area contributed by atoms with E-state index in [1.54, 1.807) is 55.5 Å². The molecule has 1 amide bonds. The average Bonchev–Trinajstić information content (AvgIpc) is 2.79. The quantitative estimate of drug-likeness (QED) is 0.368. The lowest BCUT2D eigenvalue weighted by Crippen LogP contribution is -2.27. The molecule has 1 aromatic heterocycles. The Morgan fingerprint density at radius 3 is 2.32 bits per heavy atom. The number of carbonyl (C=O) groups excluding carboxylic acids is 1. The van der Waals surface area contributed by atoms with Crippen LogP contribution < -0.4 is 11.0 Å². The van der Waals surface area contributed by atoms with Gasteiger partial charge in [0.05, 0.1) is 11.2 Å². The highest BCUT2D eigenvalue weighted by atomic mass is 35.5. The number of aromatic nitrogens is 1. The van der Waals surface area contributed by atoms with Gasteiger partial charge in [0.1, 0.15) is 11.3 Å². The van der Waals surface area contributed by atoms with E-state index in [4.69, 9.17) is 11.6 Å². The molecule has 6 nitrogen and oxygen atoms in total. The van der Waals surface area contributed by atoms with Crippen LogP contribution in [-0.4, -0.2) is 21.3 Å². The Morgan fingerprint density at radius 2 is 1.61 bits per heavy atom. The number of aromatic hydroxyl groups is 1. The van der Waals surface area contributed by atoms with Crippen molar-refractivity contribution in [1.29, 1.82) is 0 Å². The monoisotopic (exact) mass is 431 g/mol. The molecule has 1 heterocycles. The predicted octanol–water partition coefficient (Wildman–Crippen LogP) is 4.50. The maximum absolute atomic E-state index is 13.4. The molecular formula is C24H18ClN3O3. The molecule has 0 radical (unpaired) electrons. The van der Waals surface area contributed by atoms with Crippen LogP contribution in [0.1, 0.15) is 22.8 Å². The van der Waals surface area contributed by atoms with Crippen LogP contribution in [0.3, 0.4) is 0 Å². The summed E-state index contributed by atoms with van der Waals surface area (Å²) in [5.74, 6) is -0.644. The van der Waals surface area contributed by atoms with Gasteiger partial charge in [-0.25, -0.2) is 5.43 Å². The molecule has 0 saturated carbocycles. The highest BCUT2D eigenvalue weighted by molar-refractivity contribution is 6.30. The Hall–Kier alpha value is -3.90. The Labute approximate surface area is 183 Å². The molecule has 0 fully saturated rings. The number of rotatable bonds is 4. The summed E-state index contributed by atoms with van der Waals surface area (Å²) in [5.41, 5.74) is 3.77. The highest BCUT2D eigenvalue weighted by Gasteiger charge is 2.19. The van der Waals surface area contributed by atoms with Crippen LogP contribution >= 0.6 is 11.6 Å². The second kappa shape index (κ2) is 8.45. The molecule has 0 spiro atoms. The fourth-order valence-corrected chi connectivity index (χ4v) is 3.47. The van der Waals surface area contributed by atoms with E-state index in [0.29, 0.717) is 27.2 Å². The number of benzene rings is 3. The summed E-state index contributed by atoms with van der Waals surface area (Å²) in [6, 6.07) is 22.5. The van der Waals surface area contributed by atoms with E-state index in [2.05, 4.69) is 10.5 Å². The molecule has 2 N–H and O–H groups in total. The topological polar surface area (TPSA) is 83.7 Å². The van der Waals surface area contributed by atoms with Gasteiger partial charge in [-0.15, -0.1) is 0 Å². The Bertz CT molecular complexity index is 1360. The molecule has 7 heteroatoms. The Kier molecular flexibility index (Phi) is 5.56. The van der Waals surface area contributed by atoms with Gasteiger partial charge in [0.25, 0.3) is 11.5 Å². The first kappa shape index (κ1) is 20.4. The van der Waals surface area contributed by atoms with Crippen LogP contribution in [0.5, 0.6) is 5.75 Å². The fraction of sp³-hybridized carbons (Fsp3) is 0.0417. The van der Waals surface area contributed by atoms with E-state index in [0.717, 1.165) is 0 Å². The number of halogens is 1. The number of hydrazone groups is 1. The molecule has 3 aromatic carbocycles. The molecule has 154 valence electrons. The van der Waals surface area contributed by atoms with Crippen molar-refractivity contribution < 1.29 is 9.90 Å². The van der Waals surface area contributed by atoms with Crippen molar-refractivity contribution in [2.24, 2.45) is 5.10 Å². The number of fused-ring (bicyclic) bond motifs is 1. The van der Waals surface area contributed by atoms with Crippen molar-refractivity contribution in [1.82, 2.24) is 9.99 Å². The normalized spacial score (nSPS) is 11.5. The summed E-state index contributed by atoms with van der Waals surface area (Å²) < 4.78 is 1.52. The maximum Gasteiger partial charge on any atom is 0.271 e. The number of nitrogens with one attached hydrogen (secondary N) is 1. The number of hydrogen-bond donors (Lipinski definition) is 2. The number of amides is 1. The second-order valence-electron chi connectivity index (χ2n) is 6.86. The summed E-state index contributed by atoms with van der Waals surface area (Å²) >= 11 is 5.85. The van der Waals surface area contributed by atoms with Crippen molar-refractivity contribution in [3.8, 4) is 11.4 Å². The number of para-hydroxylation sites is 2. The zero-order chi connectivity index (χ0) is 22.0. The van der Waals surface area contributed by atoms with E-state index in [-0.39, 0.29) is 17.0 Å². The van der Waals surface area contributed by atoms with E-state index in [9.17, 15) is 14.7 Å². The SMILES string of the molecule is C/C(=N/NC(=O)c1ccc(Cl)cc1)c1c(O)c2ccccc2n(-c2ccccc2)c1=O. The molecule has 0 atom stereocenters. The summed E-state index contributed by atoms with van der Waals surface area (Å²) in [6.07, 6.45) is 0. The fourth-order valence-electron chi connectivity index (χ4n) is 3.34. The first-order valence-corrected chi connectivity index (χ1v) is 9.88. The molecule has 31 heavy (non-hydrogen) atoms. The first-order chi connectivity index (χ1) is 15.0. The van der Waals surface area contributed by atoms with Crippen molar-refractivity contribution in [2.75, 3.05) is 0 Å². The van der Waals surface area contributed by atoms with Crippen LogP contribution in [0.25, 0.3) is 16.6 Å². The van der Waals surface area contributed by atoms with Crippen molar-refractivity contribution in [2.45, 2.75) is 6.92 Å². The Balaban J connectivity index is 1.82. The third-order valence-electron chi connectivity index (χ3n) is 4.86. The lowest BCUT2D eigenvalue weighted by atomic mass is 10.1. The highest BCUT2D eigenvalue weighted by Crippen LogP contribution is 2.28. The third kappa shape index (κ3) is 3.93. The minimum atomic E-state index is -0.459. The van der Waals surface area contributed by atoms with Crippen LogP contribution in [0.2, 0.25) is 5.02 Å². The molecular weight excluding hydrogens is 414 g/mol. The minimum absolute atomic E-state index is 0.0129. The van der Waals surface area contributed by atoms with E-state index < -0.39 is 11.5 Å². The maximum atomic E-state index is 13.4. The number of nitrogens with zero attached hydrogens (tertiary/aromatic N) is 2. The summed E-state index contributed by atoms with van der Waals surface area (Å²) in [7, 11) is 0. The van der Waals surface area contributed by atoms with E-state index in [1.165, 1.54) is 4.57 Å². The van der Waals surface area contributed by atoms with Gasteiger partial charge in [-0.1, -0.05) is 41.9 Å². The summed E-state index contributed by atoms with van der Waals surface area (Å²) in [6.45, 7) is 1.56. The average molecular weight is 432 g/mol. The largest absolute Gasteiger partial charge is 0.506 e. The summed E-state index contributed by atoms with van der Waals surface area (Å²) in [4.78, 5) is 25.7. The van der Waals surface area contributed by atoms with Gasteiger partial charge in [-0.05, 0) is 55.5 Å². The molecule has 0 aliphatic carbocycles. The first-order valence-electron chi connectivity index (χ1n) is 9.50. The van der Waals surface area contributed by atoms with E-state index >= 15 is 0 Å². The Morgan fingerprint density at radius 1 is 0.968 bits per heavy atom. The molecule has 4 rings (SSSR count). The van der Waals surface area contributed by atoms with Gasteiger partial charge < -0.3 is 5.11 Å². The van der Waals surface area contributed by atoms with Crippen LogP contribution in [-0.2, 0) is 0 Å². The van der Waals surface area contributed by atoms with E-state index in [1.807, 2.05) is 30.3 Å². The molecule has 0 saturated heterocycles. The van der Waals surface area contributed by atoms with Crippen molar-refractivity contribution in [3.05, 3.63) is 105 Å². The van der Waals surface area contributed by atoms with Gasteiger partial charge in [-0.3, -0.25) is 14.2 Å². The molecule has 0 aliphatic heterocycles. The number of hydrogen-bond acceptors (Lipinski definition) is 4. The molecule has 0 aliphatic rings. The number of pyridine rings is 1. The van der Waals surface area contributed by atoms with Crippen molar-refractivity contribution in [3.63, 3.8) is 0 Å². The van der Waals surface area contributed by atoms with Gasteiger partial charge >= 0.3 is 0 Å². The standard InChI is InChI=1S/C24H18ClN3O3/c1-15(26-27-23(30)16-11-13-17(25)14-12-16)21-22(29)19-9-5-6-10-20(19)28(24(21)31)18-7-3-2-4-8-18/h2-14,29H,1H3,(H,27,30)/b26-15-. The van der Waals surface area contributed by atoms with Crippen LogP contribution in [0, 0.1) is 0 Å². The lowest BCUT2D eigenvalue weighted by Gasteiger charge is -2.15. The summed E-state index contributed by atoms with van der Waals surface area (Å²) in [5, 5.41) is 15.9.